The quantitative estimate of drug-likeness (QED) is 0.664. The van der Waals surface area contributed by atoms with Gasteiger partial charge < -0.3 is 5.32 Å². The van der Waals surface area contributed by atoms with E-state index in [1.165, 1.54) is 4.68 Å². The number of carbonyl (C=O) groups excluding carboxylic acids is 1. The third-order valence-corrected chi connectivity index (χ3v) is 6.10. The minimum atomic E-state index is -0.0978. The lowest BCUT2D eigenvalue weighted by atomic mass is 9.81. The van der Waals surface area contributed by atoms with Crippen LogP contribution in [-0.2, 0) is 11.3 Å². The summed E-state index contributed by atoms with van der Waals surface area (Å²) in [6, 6.07) is 14.9. The Morgan fingerprint density at radius 1 is 1.07 bits per heavy atom. The molecular weight excluding hydrogens is 420 g/mol. The molecule has 1 aliphatic rings. The van der Waals surface area contributed by atoms with Crippen LogP contribution in [0, 0.1) is 11.8 Å². The number of aromatic nitrogens is 3. The van der Waals surface area contributed by atoms with Gasteiger partial charge in [-0.25, -0.2) is 4.68 Å². The first-order valence-corrected chi connectivity index (χ1v) is 10.3. The zero-order valence-corrected chi connectivity index (χ0v) is 16.9. The number of benzene rings is 2. The maximum atomic E-state index is 12.6. The summed E-state index contributed by atoms with van der Waals surface area (Å²) in [4.78, 5) is 25.2. The first-order chi connectivity index (χ1) is 13.6. The number of para-hydroxylation sites is 1. The summed E-state index contributed by atoms with van der Waals surface area (Å²) >= 11 is 3.46. The lowest BCUT2D eigenvalue weighted by Gasteiger charge is -2.27. The highest BCUT2D eigenvalue weighted by atomic mass is 79.9. The molecule has 0 saturated heterocycles. The summed E-state index contributed by atoms with van der Waals surface area (Å²) in [6.45, 7) is 0.551. The van der Waals surface area contributed by atoms with E-state index in [1.807, 2.05) is 36.4 Å². The third-order valence-electron chi connectivity index (χ3n) is 5.41. The highest BCUT2D eigenvalue weighted by molar-refractivity contribution is 9.10. The fourth-order valence-electron chi connectivity index (χ4n) is 3.79. The summed E-state index contributed by atoms with van der Waals surface area (Å²) in [6.07, 6.45) is 3.43. The molecule has 1 aromatic heterocycles. The smallest absolute Gasteiger partial charge is 0.277 e. The van der Waals surface area contributed by atoms with E-state index in [0.717, 1.165) is 35.8 Å². The van der Waals surface area contributed by atoms with Gasteiger partial charge in [0, 0.05) is 16.9 Å². The number of nitrogens with one attached hydrogen (secondary N) is 1. The molecule has 6 nitrogen and oxygen atoms in total. The molecule has 1 N–H and O–H groups in total. The van der Waals surface area contributed by atoms with Crippen LogP contribution in [0.2, 0.25) is 0 Å². The van der Waals surface area contributed by atoms with Gasteiger partial charge in [0.2, 0.25) is 5.91 Å². The van der Waals surface area contributed by atoms with Crippen molar-refractivity contribution in [3.63, 3.8) is 0 Å². The molecule has 0 atom stereocenters. The van der Waals surface area contributed by atoms with Crippen molar-refractivity contribution in [1.29, 1.82) is 0 Å². The predicted octanol–water partition coefficient (Wildman–Crippen LogP) is 4.00. The monoisotopic (exact) mass is 440 g/mol. The third kappa shape index (κ3) is 3.99. The van der Waals surface area contributed by atoms with Crippen molar-refractivity contribution in [2.45, 2.75) is 32.2 Å². The molecule has 2 aromatic carbocycles. The number of halogens is 1. The number of nitrogens with zero attached hydrogens (tertiary/aromatic N) is 3. The molecule has 7 heteroatoms. The standard InChI is InChI=1S/C21H21BrN4O2/c22-17-6-2-4-8-19(17)23-20(27)15-11-9-14(10-12-15)13-26-21(28)16-5-1-3-7-18(16)24-25-26/h1-8,14-15H,9-13H2,(H,23,27). The van der Waals surface area contributed by atoms with E-state index in [1.54, 1.807) is 12.1 Å². The van der Waals surface area contributed by atoms with Crippen molar-refractivity contribution in [1.82, 2.24) is 15.0 Å². The Kier molecular flexibility index (Phi) is 5.52. The number of anilines is 1. The predicted molar refractivity (Wildman–Crippen MR) is 112 cm³/mol. The molecule has 1 aliphatic carbocycles. The van der Waals surface area contributed by atoms with Gasteiger partial charge in [0.25, 0.3) is 5.56 Å². The second-order valence-corrected chi connectivity index (χ2v) is 8.13. The molecule has 0 aliphatic heterocycles. The van der Waals surface area contributed by atoms with E-state index in [0.29, 0.717) is 23.4 Å². The van der Waals surface area contributed by atoms with E-state index < -0.39 is 0 Å². The number of carbonyl (C=O) groups is 1. The van der Waals surface area contributed by atoms with Crippen molar-refractivity contribution in [2.75, 3.05) is 5.32 Å². The maximum absolute atomic E-state index is 12.6. The molecule has 1 fully saturated rings. The van der Waals surface area contributed by atoms with Gasteiger partial charge in [0.1, 0.15) is 5.52 Å². The molecule has 4 rings (SSSR count). The second kappa shape index (κ2) is 8.22. The average Bonchev–Trinajstić information content (AvgIpc) is 2.72. The van der Waals surface area contributed by atoms with Gasteiger partial charge in [-0.2, -0.15) is 0 Å². The summed E-state index contributed by atoms with van der Waals surface area (Å²) in [5.74, 6) is 0.399. The Morgan fingerprint density at radius 3 is 2.57 bits per heavy atom. The van der Waals surface area contributed by atoms with E-state index in [2.05, 4.69) is 31.6 Å². The second-order valence-electron chi connectivity index (χ2n) is 7.28. The van der Waals surface area contributed by atoms with Crippen molar-refractivity contribution >= 4 is 38.4 Å². The molecule has 3 aromatic rings. The first-order valence-electron chi connectivity index (χ1n) is 9.50. The largest absolute Gasteiger partial charge is 0.325 e. The van der Waals surface area contributed by atoms with E-state index in [4.69, 9.17) is 0 Å². The van der Waals surface area contributed by atoms with Crippen molar-refractivity contribution in [2.24, 2.45) is 11.8 Å². The van der Waals surface area contributed by atoms with Gasteiger partial charge in [-0.1, -0.05) is 29.5 Å². The minimum Gasteiger partial charge on any atom is -0.325 e. The lowest BCUT2D eigenvalue weighted by molar-refractivity contribution is -0.121. The number of amides is 1. The summed E-state index contributed by atoms with van der Waals surface area (Å²) in [5.41, 5.74) is 1.32. The van der Waals surface area contributed by atoms with E-state index in [9.17, 15) is 9.59 Å². The normalized spacial score (nSPS) is 19.5. The van der Waals surface area contributed by atoms with Crippen LogP contribution in [0.1, 0.15) is 25.7 Å². The van der Waals surface area contributed by atoms with Gasteiger partial charge in [-0.15, -0.1) is 5.10 Å². The molecule has 0 unspecified atom stereocenters. The van der Waals surface area contributed by atoms with Gasteiger partial charge in [-0.3, -0.25) is 9.59 Å². The molecule has 1 saturated carbocycles. The molecule has 1 heterocycles. The van der Waals surface area contributed by atoms with Gasteiger partial charge in [0.05, 0.1) is 11.1 Å². The molecule has 1 amide bonds. The van der Waals surface area contributed by atoms with Gasteiger partial charge >= 0.3 is 0 Å². The van der Waals surface area contributed by atoms with Crippen molar-refractivity contribution in [3.05, 3.63) is 63.4 Å². The Morgan fingerprint density at radius 2 is 1.79 bits per heavy atom. The molecule has 0 radical (unpaired) electrons. The van der Waals surface area contributed by atoms with Crippen molar-refractivity contribution in [3.8, 4) is 0 Å². The highest BCUT2D eigenvalue weighted by Gasteiger charge is 2.27. The van der Waals surface area contributed by atoms with Crippen LogP contribution in [0.5, 0.6) is 0 Å². The number of hydrogen-bond acceptors (Lipinski definition) is 4. The first kappa shape index (κ1) is 18.8. The summed E-state index contributed by atoms with van der Waals surface area (Å²) < 4.78 is 2.35. The molecule has 0 bridgehead atoms. The number of fused-ring (bicyclic) bond motifs is 1. The van der Waals surface area contributed by atoms with Crippen LogP contribution in [0.4, 0.5) is 5.69 Å². The Bertz CT molecular complexity index is 1060. The van der Waals surface area contributed by atoms with Crippen molar-refractivity contribution < 1.29 is 4.79 Å². The molecule has 144 valence electrons. The number of rotatable bonds is 4. The lowest BCUT2D eigenvalue weighted by Crippen LogP contribution is -2.32. The van der Waals surface area contributed by atoms with E-state index >= 15 is 0 Å². The van der Waals surface area contributed by atoms with Crippen LogP contribution >= 0.6 is 15.9 Å². The minimum absolute atomic E-state index is 0.00256. The molecule has 28 heavy (non-hydrogen) atoms. The topological polar surface area (TPSA) is 76.9 Å². The van der Waals surface area contributed by atoms with Crippen LogP contribution < -0.4 is 10.9 Å². The average molecular weight is 441 g/mol. The summed E-state index contributed by atoms with van der Waals surface area (Å²) in [5, 5.41) is 11.8. The Balaban J connectivity index is 1.37. The molecular formula is C21H21BrN4O2. The Labute approximate surface area is 171 Å². The van der Waals surface area contributed by atoms with Crippen LogP contribution in [0.25, 0.3) is 10.9 Å². The fourth-order valence-corrected chi connectivity index (χ4v) is 4.18. The number of hydrogen-bond donors (Lipinski definition) is 1. The van der Waals surface area contributed by atoms with E-state index in [-0.39, 0.29) is 17.4 Å². The van der Waals surface area contributed by atoms with Crippen LogP contribution in [0.15, 0.2) is 57.8 Å². The van der Waals surface area contributed by atoms with Crippen LogP contribution in [0.3, 0.4) is 0 Å². The molecule has 0 spiro atoms. The fraction of sp³-hybridized carbons (Fsp3) is 0.333. The van der Waals surface area contributed by atoms with Gasteiger partial charge in [-0.05, 0) is 71.8 Å². The summed E-state index contributed by atoms with van der Waals surface area (Å²) in [7, 11) is 0. The zero-order valence-electron chi connectivity index (χ0n) is 15.3. The zero-order chi connectivity index (χ0) is 19.5. The van der Waals surface area contributed by atoms with Crippen LogP contribution in [-0.4, -0.2) is 20.9 Å². The maximum Gasteiger partial charge on any atom is 0.277 e. The highest BCUT2D eigenvalue weighted by Crippen LogP contribution is 2.31. The SMILES string of the molecule is O=C(Nc1ccccc1Br)C1CCC(Cn2nnc3ccccc3c2=O)CC1. The Hall–Kier alpha value is -2.54. The van der Waals surface area contributed by atoms with Gasteiger partial charge in [0.15, 0.2) is 0 Å².